The molecule has 0 aromatic carbocycles. The van der Waals surface area contributed by atoms with Crippen LogP contribution in [0, 0.1) is 0 Å². The lowest BCUT2D eigenvalue weighted by atomic mass is 10.3. The number of nitrogens with zero attached hydrogens (tertiary/aromatic N) is 1. The maximum absolute atomic E-state index is 11.5. The van der Waals surface area contributed by atoms with Gasteiger partial charge in [-0.2, -0.15) is 23.5 Å². The van der Waals surface area contributed by atoms with Crippen molar-refractivity contribution in [3.05, 3.63) is 24.0 Å². The van der Waals surface area contributed by atoms with Gasteiger partial charge in [-0.3, -0.25) is 9.78 Å². The van der Waals surface area contributed by atoms with Crippen LogP contribution in [0.3, 0.4) is 0 Å². The molecule has 0 bridgehead atoms. The van der Waals surface area contributed by atoms with E-state index in [4.69, 9.17) is 0 Å². The molecule has 1 aromatic rings. The van der Waals surface area contributed by atoms with Crippen LogP contribution in [0.1, 0.15) is 10.5 Å². The summed E-state index contributed by atoms with van der Waals surface area (Å²) in [6.45, 7) is 0.939. The Morgan fingerprint density at radius 2 is 2.44 bits per heavy atom. The van der Waals surface area contributed by atoms with Crippen LogP contribution < -0.4 is 10.6 Å². The van der Waals surface area contributed by atoms with Crippen molar-refractivity contribution >= 4 is 35.1 Å². The van der Waals surface area contributed by atoms with Crippen LogP contribution in [-0.4, -0.2) is 47.0 Å². The summed E-state index contributed by atoms with van der Waals surface area (Å²) in [5.41, 5.74) is 1.41. The molecule has 2 heterocycles. The fourth-order valence-corrected chi connectivity index (χ4v) is 4.29. The first-order valence-corrected chi connectivity index (χ1v) is 8.11. The Labute approximate surface area is 116 Å². The average Bonchev–Trinajstić information content (AvgIpc) is 2.45. The zero-order valence-corrected chi connectivity index (χ0v) is 11.9. The lowest BCUT2D eigenvalue weighted by molar-refractivity contribution is 0.0958. The Morgan fingerprint density at radius 3 is 3.17 bits per heavy atom. The topological polar surface area (TPSA) is 54.0 Å². The second-order valence-electron chi connectivity index (χ2n) is 3.96. The van der Waals surface area contributed by atoms with Gasteiger partial charge in [0.15, 0.2) is 0 Å². The number of carbonyl (C=O) groups is 1. The fourth-order valence-electron chi connectivity index (χ4n) is 1.68. The van der Waals surface area contributed by atoms with Crippen molar-refractivity contribution in [2.24, 2.45) is 0 Å². The lowest BCUT2D eigenvalue weighted by Gasteiger charge is -2.21. The predicted octanol–water partition coefficient (Wildman–Crippen LogP) is 1.70. The first-order valence-electron chi connectivity index (χ1n) is 5.91. The quantitative estimate of drug-likeness (QED) is 0.881. The Morgan fingerprint density at radius 1 is 1.56 bits per heavy atom. The highest BCUT2D eigenvalue weighted by molar-refractivity contribution is 8.06. The van der Waals surface area contributed by atoms with Crippen LogP contribution >= 0.6 is 23.5 Å². The Hall–Kier alpha value is -0.880. The molecule has 6 heteroatoms. The molecular weight excluding hydrogens is 266 g/mol. The third-order valence-electron chi connectivity index (χ3n) is 2.64. The molecule has 0 radical (unpaired) electrons. The minimum Gasteiger partial charge on any atom is -0.384 e. The molecule has 98 valence electrons. The predicted molar refractivity (Wildman–Crippen MR) is 79.7 cm³/mol. The Bertz CT molecular complexity index is 408. The molecule has 18 heavy (non-hydrogen) atoms. The van der Waals surface area contributed by atoms with E-state index in [1.807, 2.05) is 29.6 Å². The number of anilines is 1. The summed E-state index contributed by atoms with van der Waals surface area (Å²) in [7, 11) is 1.61. The lowest BCUT2D eigenvalue weighted by Crippen LogP contribution is -2.23. The zero-order valence-electron chi connectivity index (χ0n) is 10.3. The molecule has 1 saturated heterocycles. The third-order valence-corrected chi connectivity index (χ3v) is 5.48. The van der Waals surface area contributed by atoms with E-state index in [0.29, 0.717) is 10.9 Å². The van der Waals surface area contributed by atoms with E-state index in [1.165, 1.54) is 17.3 Å². The summed E-state index contributed by atoms with van der Waals surface area (Å²) in [5.74, 6) is 3.54. The van der Waals surface area contributed by atoms with E-state index in [9.17, 15) is 4.79 Å². The summed E-state index contributed by atoms with van der Waals surface area (Å²) in [5, 5.41) is 6.61. The smallest absolute Gasteiger partial charge is 0.269 e. The van der Waals surface area contributed by atoms with Gasteiger partial charge in [0.2, 0.25) is 0 Å². The number of amides is 1. The van der Waals surface area contributed by atoms with Crippen molar-refractivity contribution in [3.8, 4) is 0 Å². The second kappa shape index (κ2) is 6.89. The minimum atomic E-state index is -0.152. The standard InChI is InChI=1S/C12H17N3OS2/c1-13-12(16)11-6-9(2-3-14-11)15-7-10-8-17-4-5-18-10/h2-3,6,10H,4-5,7-8H2,1H3,(H,13,16)(H,14,15). The van der Waals surface area contributed by atoms with Gasteiger partial charge in [-0.1, -0.05) is 0 Å². The number of thioether (sulfide) groups is 2. The molecule has 1 aliphatic heterocycles. The average molecular weight is 283 g/mol. The first-order chi connectivity index (χ1) is 8.79. The van der Waals surface area contributed by atoms with Crippen LogP contribution in [-0.2, 0) is 0 Å². The van der Waals surface area contributed by atoms with Crippen molar-refractivity contribution in [3.63, 3.8) is 0 Å². The largest absolute Gasteiger partial charge is 0.384 e. The third kappa shape index (κ3) is 3.81. The molecule has 1 fully saturated rings. The molecular formula is C12H17N3OS2. The zero-order chi connectivity index (χ0) is 12.8. The monoisotopic (exact) mass is 283 g/mol. The Kier molecular flexibility index (Phi) is 5.19. The molecule has 4 nitrogen and oxygen atoms in total. The number of nitrogens with one attached hydrogen (secondary N) is 2. The number of hydrogen-bond acceptors (Lipinski definition) is 5. The van der Waals surface area contributed by atoms with Crippen molar-refractivity contribution in [2.75, 3.05) is 36.2 Å². The van der Waals surface area contributed by atoms with Crippen molar-refractivity contribution in [1.82, 2.24) is 10.3 Å². The number of aromatic nitrogens is 1. The van der Waals surface area contributed by atoms with E-state index < -0.39 is 0 Å². The number of carbonyl (C=O) groups excluding carboxylic acids is 1. The van der Waals surface area contributed by atoms with Crippen molar-refractivity contribution in [1.29, 1.82) is 0 Å². The number of pyridine rings is 1. The van der Waals surface area contributed by atoms with Gasteiger partial charge in [-0.25, -0.2) is 0 Å². The number of rotatable bonds is 4. The van der Waals surface area contributed by atoms with Gasteiger partial charge in [0.1, 0.15) is 5.69 Å². The second-order valence-corrected chi connectivity index (χ2v) is 6.52. The molecule has 1 aromatic heterocycles. The summed E-state index contributed by atoms with van der Waals surface area (Å²) in [4.78, 5) is 15.5. The van der Waals surface area contributed by atoms with E-state index in [-0.39, 0.29) is 5.91 Å². The van der Waals surface area contributed by atoms with Crippen LogP contribution in [0.2, 0.25) is 0 Å². The van der Waals surface area contributed by atoms with E-state index in [2.05, 4.69) is 15.6 Å². The van der Waals surface area contributed by atoms with Crippen LogP contribution in [0.4, 0.5) is 5.69 Å². The molecule has 0 spiro atoms. The van der Waals surface area contributed by atoms with Gasteiger partial charge in [0.25, 0.3) is 5.91 Å². The molecule has 1 aliphatic rings. The maximum Gasteiger partial charge on any atom is 0.269 e. The summed E-state index contributed by atoms with van der Waals surface area (Å²) < 4.78 is 0. The molecule has 2 rings (SSSR count). The summed E-state index contributed by atoms with van der Waals surface area (Å²) in [6, 6.07) is 3.69. The minimum absolute atomic E-state index is 0.152. The van der Waals surface area contributed by atoms with Crippen LogP contribution in [0.5, 0.6) is 0 Å². The molecule has 1 atom stereocenters. The van der Waals surface area contributed by atoms with Gasteiger partial charge < -0.3 is 10.6 Å². The van der Waals surface area contributed by atoms with Gasteiger partial charge in [0, 0.05) is 48.0 Å². The van der Waals surface area contributed by atoms with E-state index >= 15 is 0 Å². The highest BCUT2D eigenvalue weighted by atomic mass is 32.2. The Balaban J connectivity index is 1.90. The summed E-state index contributed by atoms with van der Waals surface area (Å²) >= 11 is 4.03. The highest BCUT2D eigenvalue weighted by Gasteiger charge is 2.14. The van der Waals surface area contributed by atoms with Crippen molar-refractivity contribution < 1.29 is 4.79 Å². The molecule has 0 saturated carbocycles. The normalized spacial score (nSPS) is 19.3. The van der Waals surface area contributed by atoms with Gasteiger partial charge in [-0.15, -0.1) is 0 Å². The highest BCUT2D eigenvalue weighted by Crippen LogP contribution is 2.24. The van der Waals surface area contributed by atoms with E-state index in [1.54, 1.807) is 19.3 Å². The van der Waals surface area contributed by atoms with Gasteiger partial charge in [-0.05, 0) is 12.1 Å². The molecule has 1 unspecified atom stereocenters. The molecule has 1 amide bonds. The van der Waals surface area contributed by atoms with Gasteiger partial charge >= 0.3 is 0 Å². The van der Waals surface area contributed by atoms with Crippen LogP contribution in [0.25, 0.3) is 0 Å². The fraction of sp³-hybridized carbons (Fsp3) is 0.500. The van der Waals surface area contributed by atoms with Crippen molar-refractivity contribution in [2.45, 2.75) is 5.25 Å². The van der Waals surface area contributed by atoms with E-state index in [0.717, 1.165) is 12.2 Å². The van der Waals surface area contributed by atoms with Gasteiger partial charge in [0.05, 0.1) is 0 Å². The molecule has 0 aliphatic carbocycles. The SMILES string of the molecule is CNC(=O)c1cc(NCC2CSCCS2)ccn1. The maximum atomic E-state index is 11.5. The summed E-state index contributed by atoms with van der Waals surface area (Å²) in [6.07, 6.45) is 1.66. The van der Waals surface area contributed by atoms with Crippen LogP contribution in [0.15, 0.2) is 18.3 Å². The first kappa shape index (κ1) is 13.5. The molecule has 2 N–H and O–H groups in total. The number of hydrogen-bond donors (Lipinski definition) is 2.